The number of carboxylic acid groups (broad SMARTS) is 1. The van der Waals surface area contributed by atoms with Gasteiger partial charge >= 0.3 is 5.97 Å². The Hall–Kier alpha value is -3.33. The number of carboxylic acids is 1. The summed E-state index contributed by atoms with van der Waals surface area (Å²) in [5.41, 5.74) is 0.937. The van der Waals surface area contributed by atoms with E-state index in [4.69, 9.17) is 0 Å². The van der Waals surface area contributed by atoms with Crippen LogP contribution in [0.5, 0.6) is 0 Å². The lowest BCUT2D eigenvalue weighted by Crippen LogP contribution is -2.66. The van der Waals surface area contributed by atoms with Gasteiger partial charge in [-0.2, -0.15) is 0 Å². The maximum absolute atomic E-state index is 14.2. The van der Waals surface area contributed by atoms with Gasteiger partial charge in [0.1, 0.15) is 0 Å². The van der Waals surface area contributed by atoms with Crippen molar-refractivity contribution in [3.05, 3.63) is 101 Å². The molecule has 0 atom stereocenters. The van der Waals surface area contributed by atoms with E-state index in [-0.39, 0.29) is 21.1 Å². The zero-order chi connectivity index (χ0) is 22.9. The number of hydrogen-bond acceptors (Lipinski definition) is 1. The van der Waals surface area contributed by atoms with Gasteiger partial charge in [-0.25, -0.2) is 31.1 Å². The van der Waals surface area contributed by atoms with Crippen LogP contribution in [-0.2, 0) is 4.79 Å². The molecule has 0 bridgehead atoms. The van der Waals surface area contributed by atoms with Gasteiger partial charge in [-0.05, 0) is 58.9 Å². The third kappa shape index (κ3) is 4.13. The van der Waals surface area contributed by atoms with Gasteiger partial charge in [0, 0.05) is 5.57 Å². The van der Waals surface area contributed by atoms with E-state index in [0.29, 0.717) is 0 Å². The molecule has 0 aliphatic heterocycles. The Morgan fingerprint density at radius 3 is 1.26 bits per heavy atom. The van der Waals surface area contributed by atoms with Crippen molar-refractivity contribution >= 4 is 29.6 Å². The molecule has 160 valence electrons. The minimum Gasteiger partial charge on any atom is -0.478 e. The molecule has 0 saturated carbocycles. The number of benzene rings is 3. The summed E-state index contributed by atoms with van der Waals surface area (Å²) in [5.74, 6) is -8.78. The van der Waals surface area contributed by atoms with Crippen LogP contribution in [0.2, 0.25) is 0 Å². The first-order valence-corrected chi connectivity index (χ1v) is 10.9. The van der Waals surface area contributed by atoms with Gasteiger partial charge in [-0.3, -0.25) is 0 Å². The highest BCUT2D eigenvalue weighted by molar-refractivity contribution is 7.15. The van der Waals surface area contributed by atoms with Crippen LogP contribution in [-0.4, -0.2) is 19.1 Å². The highest BCUT2D eigenvalue weighted by Crippen LogP contribution is 2.17. The predicted molar refractivity (Wildman–Crippen MR) is 105 cm³/mol. The van der Waals surface area contributed by atoms with Gasteiger partial charge in [0.2, 0.25) is 0 Å². The molecule has 0 aliphatic rings. The molecule has 0 aliphatic carbocycles. The molecule has 0 heterocycles. The van der Waals surface area contributed by atoms with Gasteiger partial charge in [-0.15, -0.1) is 0 Å². The summed E-state index contributed by atoms with van der Waals surface area (Å²) in [7, 11) is -3.98. The SMILES string of the molecule is CC(=C[Si](c1ccc(F)c(F)c1)(c1ccc(F)c(F)c1)c1ccc(F)c(F)c1)C(=O)O. The third-order valence-corrected chi connectivity index (χ3v) is 9.43. The van der Waals surface area contributed by atoms with Crippen LogP contribution in [0.15, 0.2) is 65.9 Å². The van der Waals surface area contributed by atoms with E-state index < -0.39 is 48.9 Å². The second kappa shape index (κ2) is 8.42. The first-order valence-electron chi connectivity index (χ1n) is 8.85. The van der Waals surface area contributed by atoms with Gasteiger partial charge in [0.15, 0.2) is 43.0 Å². The smallest absolute Gasteiger partial charge is 0.330 e. The van der Waals surface area contributed by atoms with Crippen molar-refractivity contribution in [3.63, 3.8) is 0 Å². The van der Waals surface area contributed by atoms with E-state index in [1.54, 1.807) is 0 Å². The van der Waals surface area contributed by atoms with Gasteiger partial charge in [0.05, 0.1) is 0 Å². The van der Waals surface area contributed by atoms with E-state index in [2.05, 4.69) is 0 Å². The summed E-state index contributed by atoms with van der Waals surface area (Å²) in [5, 5.41) is 9.49. The quantitative estimate of drug-likeness (QED) is 0.278. The molecule has 0 radical (unpaired) electrons. The van der Waals surface area contributed by atoms with Crippen LogP contribution in [0.4, 0.5) is 26.3 Å². The van der Waals surface area contributed by atoms with Crippen molar-refractivity contribution in [2.75, 3.05) is 0 Å². The minimum atomic E-state index is -3.98. The molecule has 3 rings (SSSR count). The Balaban J connectivity index is 2.52. The van der Waals surface area contributed by atoms with Crippen LogP contribution >= 0.6 is 0 Å². The summed E-state index contributed by atoms with van der Waals surface area (Å²) in [4.78, 5) is 11.6. The second-order valence-electron chi connectivity index (χ2n) is 6.83. The fraction of sp³-hybridized carbons (Fsp3) is 0.0455. The molecule has 0 aromatic heterocycles. The number of carbonyl (C=O) groups is 1. The van der Waals surface area contributed by atoms with E-state index in [0.717, 1.165) is 54.6 Å². The monoisotopic (exact) mass is 452 g/mol. The molecular weight excluding hydrogens is 438 g/mol. The van der Waals surface area contributed by atoms with Crippen LogP contribution in [0.1, 0.15) is 6.92 Å². The van der Waals surface area contributed by atoms with Crippen molar-refractivity contribution < 1.29 is 36.2 Å². The number of rotatable bonds is 5. The van der Waals surface area contributed by atoms with E-state index in [1.165, 1.54) is 12.6 Å². The Bertz CT molecular complexity index is 1080. The van der Waals surface area contributed by atoms with Crippen LogP contribution in [0.3, 0.4) is 0 Å². The fourth-order valence-electron chi connectivity index (χ4n) is 3.36. The Kier molecular flexibility index (Phi) is 6.07. The zero-order valence-corrected chi connectivity index (χ0v) is 16.9. The van der Waals surface area contributed by atoms with Gasteiger partial charge in [-0.1, -0.05) is 23.9 Å². The summed E-state index contributed by atoms with van der Waals surface area (Å²) in [6.07, 6.45) is 0. The Morgan fingerprint density at radius 2 is 1.00 bits per heavy atom. The lowest BCUT2D eigenvalue weighted by atomic mass is 10.3. The highest BCUT2D eigenvalue weighted by Gasteiger charge is 2.40. The van der Waals surface area contributed by atoms with E-state index in [1.807, 2.05) is 0 Å². The van der Waals surface area contributed by atoms with Crippen molar-refractivity contribution in [2.45, 2.75) is 6.92 Å². The normalized spacial score (nSPS) is 12.2. The molecule has 0 amide bonds. The van der Waals surface area contributed by atoms with Crippen molar-refractivity contribution in [3.8, 4) is 0 Å². The molecule has 2 nitrogen and oxygen atoms in total. The summed E-state index contributed by atoms with van der Waals surface area (Å²) in [6.45, 7) is 1.21. The van der Waals surface area contributed by atoms with Crippen LogP contribution in [0, 0.1) is 34.9 Å². The lowest BCUT2D eigenvalue weighted by molar-refractivity contribution is -0.132. The van der Waals surface area contributed by atoms with E-state index >= 15 is 0 Å². The van der Waals surface area contributed by atoms with Crippen molar-refractivity contribution in [1.29, 1.82) is 0 Å². The Morgan fingerprint density at radius 1 is 0.677 bits per heavy atom. The molecule has 9 heteroatoms. The van der Waals surface area contributed by atoms with Crippen LogP contribution in [0.25, 0.3) is 0 Å². The summed E-state index contributed by atoms with van der Waals surface area (Å²) >= 11 is 0. The molecule has 3 aromatic carbocycles. The lowest BCUT2D eigenvalue weighted by Gasteiger charge is -2.31. The van der Waals surface area contributed by atoms with Crippen LogP contribution < -0.4 is 15.6 Å². The highest BCUT2D eigenvalue weighted by atomic mass is 28.3. The summed E-state index contributed by atoms with van der Waals surface area (Å²) < 4.78 is 83.4. The minimum absolute atomic E-state index is 0.0176. The average molecular weight is 452 g/mol. The number of hydrogen-bond donors (Lipinski definition) is 1. The third-order valence-electron chi connectivity index (χ3n) is 4.90. The molecule has 1 N–H and O–H groups in total. The molecule has 0 saturated heterocycles. The first-order chi connectivity index (χ1) is 14.6. The van der Waals surface area contributed by atoms with E-state index in [9.17, 15) is 36.2 Å². The molecule has 0 unspecified atom stereocenters. The first kappa shape index (κ1) is 22.4. The predicted octanol–water partition coefficient (Wildman–Crippen LogP) is 3.56. The van der Waals surface area contributed by atoms with Crippen molar-refractivity contribution in [1.82, 2.24) is 0 Å². The zero-order valence-electron chi connectivity index (χ0n) is 15.9. The standard InChI is InChI=1S/C22H14F6O2Si/c1-12(22(29)30)11-31(13-2-5-16(23)19(26)8-13,14-3-6-17(24)20(27)9-14)15-4-7-18(25)21(28)10-15/h2-11H,1H3,(H,29,30). The molecule has 0 spiro atoms. The van der Waals surface area contributed by atoms with Gasteiger partial charge < -0.3 is 5.11 Å². The topological polar surface area (TPSA) is 37.3 Å². The Labute approximate surface area is 174 Å². The maximum atomic E-state index is 14.2. The molecule has 3 aromatic rings. The molecule has 31 heavy (non-hydrogen) atoms. The van der Waals surface area contributed by atoms with Gasteiger partial charge in [0.25, 0.3) is 0 Å². The molecule has 0 fully saturated rings. The molecular formula is C22H14F6O2Si. The largest absolute Gasteiger partial charge is 0.478 e. The summed E-state index contributed by atoms with van der Waals surface area (Å²) in [6, 6.07) is 8.18. The average Bonchev–Trinajstić information content (AvgIpc) is 2.72. The maximum Gasteiger partial charge on any atom is 0.330 e. The number of aliphatic carboxylic acids is 1. The van der Waals surface area contributed by atoms with Crippen molar-refractivity contribution in [2.24, 2.45) is 0 Å². The fourth-order valence-corrected chi connectivity index (χ4v) is 7.74. The number of halogens is 6. The second-order valence-corrected chi connectivity index (χ2v) is 10.5.